The van der Waals surface area contributed by atoms with E-state index in [1.165, 1.54) is 30.5 Å². The molecule has 1 heterocycles. The van der Waals surface area contributed by atoms with E-state index in [0.717, 1.165) is 17.7 Å². The lowest BCUT2D eigenvalue weighted by molar-refractivity contribution is 0.0950. The molecule has 0 aliphatic carbocycles. The fraction of sp³-hybridized carbons (Fsp3) is 0.0526. The molecule has 0 saturated carbocycles. The quantitative estimate of drug-likeness (QED) is 0.516. The van der Waals surface area contributed by atoms with Crippen molar-refractivity contribution in [3.63, 3.8) is 0 Å². The molecule has 0 spiro atoms. The van der Waals surface area contributed by atoms with E-state index in [1.807, 2.05) is 0 Å². The SMILES string of the molecule is O=C(NCc1ccc(F)cc1)c1ccc(Nc2ccc(F)c(F)c2F)nc1. The lowest BCUT2D eigenvalue weighted by Crippen LogP contribution is -2.22. The van der Waals surface area contributed by atoms with Crippen LogP contribution in [0.15, 0.2) is 54.7 Å². The first-order valence-electron chi connectivity index (χ1n) is 7.83. The van der Waals surface area contributed by atoms with Gasteiger partial charge in [0.2, 0.25) is 0 Å². The van der Waals surface area contributed by atoms with E-state index < -0.39 is 23.4 Å². The number of carbonyl (C=O) groups excluding carboxylic acids is 1. The third-order valence-corrected chi connectivity index (χ3v) is 3.69. The Morgan fingerprint density at radius 3 is 2.30 bits per heavy atom. The third-order valence-electron chi connectivity index (χ3n) is 3.69. The van der Waals surface area contributed by atoms with Gasteiger partial charge in [-0.2, -0.15) is 0 Å². The lowest BCUT2D eigenvalue weighted by Gasteiger charge is -2.09. The zero-order valence-electron chi connectivity index (χ0n) is 13.8. The minimum absolute atomic E-state index is 0.148. The molecule has 0 saturated heterocycles. The van der Waals surface area contributed by atoms with Gasteiger partial charge in [-0.1, -0.05) is 12.1 Å². The van der Waals surface area contributed by atoms with Gasteiger partial charge in [0.15, 0.2) is 17.5 Å². The van der Waals surface area contributed by atoms with E-state index in [0.29, 0.717) is 0 Å². The highest BCUT2D eigenvalue weighted by atomic mass is 19.2. The summed E-state index contributed by atoms with van der Waals surface area (Å²) in [6.07, 6.45) is 1.25. The summed E-state index contributed by atoms with van der Waals surface area (Å²) in [4.78, 5) is 16.0. The summed E-state index contributed by atoms with van der Waals surface area (Å²) in [5, 5.41) is 5.16. The second-order valence-electron chi connectivity index (χ2n) is 5.59. The van der Waals surface area contributed by atoms with Crippen LogP contribution in [0.5, 0.6) is 0 Å². The zero-order chi connectivity index (χ0) is 19.4. The van der Waals surface area contributed by atoms with Crippen LogP contribution in [0.2, 0.25) is 0 Å². The Kier molecular flexibility index (Phi) is 5.35. The fourth-order valence-corrected chi connectivity index (χ4v) is 2.25. The monoisotopic (exact) mass is 375 g/mol. The molecule has 1 aromatic heterocycles. The molecule has 3 rings (SSSR count). The molecule has 0 aliphatic heterocycles. The van der Waals surface area contributed by atoms with Crippen molar-refractivity contribution in [2.45, 2.75) is 6.54 Å². The normalized spacial score (nSPS) is 10.5. The van der Waals surface area contributed by atoms with Crippen LogP contribution in [0.3, 0.4) is 0 Å². The van der Waals surface area contributed by atoms with Crippen LogP contribution in [0.1, 0.15) is 15.9 Å². The van der Waals surface area contributed by atoms with Gasteiger partial charge in [-0.25, -0.2) is 22.5 Å². The maximum absolute atomic E-state index is 13.6. The number of amides is 1. The van der Waals surface area contributed by atoms with Crippen LogP contribution in [-0.2, 0) is 6.54 Å². The van der Waals surface area contributed by atoms with Crippen LogP contribution in [0, 0.1) is 23.3 Å². The predicted molar refractivity (Wildman–Crippen MR) is 91.4 cm³/mol. The smallest absolute Gasteiger partial charge is 0.253 e. The van der Waals surface area contributed by atoms with Gasteiger partial charge in [0, 0.05) is 12.7 Å². The molecule has 8 heteroatoms. The molecule has 0 bridgehead atoms. The Bertz CT molecular complexity index is 960. The van der Waals surface area contributed by atoms with Gasteiger partial charge in [0.25, 0.3) is 5.91 Å². The fourth-order valence-electron chi connectivity index (χ4n) is 2.25. The van der Waals surface area contributed by atoms with Gasteiger partial charge >= 0.3 is 0 Å². The number of halogens is 4. The minimum atomic E-state index is -1.59. The van der Waals surface area contributed by atoms with Crippen LogP contribution >= 0.6 is 0 Å². The summed E-state index contributed by atoms with van der Waals surface area (Å²) in [6, 6.07) is 10.4. The van der Waals surface area contributed by atoms with E-state index >= 15 is 0 Å². The van der Waals surface area contributed by atoms with Crippen LogP contribution in [0.25, 0.3) is 0 Å². The van der Waals surface area contributed by atoms with E-state index in [1.54, 1.807) is 12.1 Å². The minimum Gasteiger partial charge on any atom is -0.348 e. The molecule has 0 fully saturated rings. The van der Waals surface area contributed by atoms with E-state index in [4.69, 9.17) is 0 Å². The van der Waals surface area contributed by atoms with Crippen molar-refractivity contribution in [1.82, 2.24) is 10.3 Å². The number of rotatable bonds is 5. The van der Waals surface area contributed by atoms with E-state index in [9.17, 15) is 22.4 Å². The molecule has 0 atom stereocenters. The molecule has 1 amide bonds. The molecule has 4 nitrogen and oxygen atoms in total. The van der Waals surface area contributed by atoms with E-state index in [2.05, 4.69) is 15.6 Å². The van der Waals surface area contributed by atoms with Crippen molar-refractivity contribution in [2.75, 3.05) is 5.32 Å². The molecular formula is C19H13F4N3O. The molecule has 0 unspecified atom stereocenters. The van der Waals surface area contributed by atoms with Crippen LogP contribution in [0.4, 0.5) is 29.1 Å². The number of nitrogens with zero attached hydrogens (tertiary/aromatic N) is 1. The van der Waals surface area contributed by atoms with E-state index in [-0.39, 0.29) is 29.4 Å². The van der Waals surface area contributed by atoms with Crippen molar-refractivity contribution in [3.8, 4) is 0 Å². The number of hydrogen-bond donors (Lipinski definition) is 2. The number of hydrogen-bond acceptors (Lipinski definition) is 3. The number of nitrogens with one attached hydrogen (secondary N) is 2. The van der Waals surface area contributed by atoms with Gasteiger partial charge in [0.1, 0.15) is 11.6 Å². The number of benzene rings is 2. The summed E-state index contributed by atoms with van der Waals surface area (Å²) >= 11 is 0. The molecule has 138 valence electrons. The van der Waals surface area contributed by atoms with Crippen molar-refractivity contribution in [3.05, 3.63) is 89.1 Å². The third kappa shape index (κ3) is 4.41. The first kappa shape index (κ1) is 18.4. The Morgan fingerprint density at radius 2 is 1.63 bits per heavy atom. The predicted octanol–water partition coefficient (Wildman–Crippen LogP) is 4.31. The second kappa shape index (κ2) is 7.86. The highest BCUT2D eigenvalue weighted by molar-refractivity contribution is 5.94. The number of anilines is 2. The van der Waals surface area contributed by atoms with Gasteiger partial charge in [-0.15, -0.1) is 0 Å². The van der Waals surface area contributed by atoms with Crippen LogP contribution in [-0.4, -0.2) is 10.9 Å². The molecular weight excluding hydrogens is 362 g/mol. The number of aromatic nitrogens is 1. The zero-order valence-corrected chi connectivity index (χ0v) is 13.8. The number of pyridine rings is 1. The highest BCUT2D eigenvalue weighted by Gasteiger charge is 2.14. The van der Waals surface area contributed by atoms with Gasteiger partial charge in [0.05, 0.1) is 11.3 Å². The Morgan fingerprint density at radius 1 is 0.889 bits per heavy atom. The van der Waals surface area contributed by atoms with Gasteiger partial charge < -0.3 is 10.6 Å². The topological polar surface area (TPSA) is 54.0 Å². The standard InChI is InChI=1S/C19H13F4N3O/c20-13-4-1-11(2-5-13)9-25-19(27)12-3-8-16(24-10-12)26-15-7-6-14(21)17(22)18(15)23/h1-8,10H,9H2,(H,24,26)(H,25,27). The van der Waals surface area contributed by atoms with Crippen molar-refractivity contribution >= 4 is 17.4 Å². The number of carbonyl (C=O) groups is 1. The molecule has 0 aliphatic rings. The summed E-state index contributed by atoms with van der Waals surface area (Å²) < 4.78 is 52.7. The average Bonchev–Trinajstić information content (AvgIpc) is 2.68. The summed E-state index contributed by atoms with van der Waals surface area (Å²) in [5.41, 5.74) is 0.688. The van der Waals surface area contributed by atoms with Crippen molar-refractivity contribution in [1.29, 1.82) is 0 Å². The second-order valence-corrected chi connectivity index (χ2v) is 5.59. The Balaban J connectivity index is 1.63. The molecule has 2 N–H and O–H groups in total. The summed E-state index contributed by atoms with van der Waals surface area (Å²) in [7, 11) is 0. The molecule has 2 aromatic carbocycles. The lowest BCUT2D eigenvalue weighted by atomic mass is 10.2. The Hall–Kier alpha value is -3.42. The highest BCUT2D eigenvalue weighted by Crippen LogP contribution is 2.22. The average molecular weight is 375 g/mol. The van der Waals surface area contributed by atoms with Crippen LogP contribution < -0.4 is 10.6 Å². The Labute approximate surface area is 151 Å². The van der Waals surface area contributed by atoms with Crippen molar-refractivity contribution in [2.24, 2.45) is 0 Å². The molecule has 27 heavy (non-hydrogen) atoms. The largest absolute Gasteiger partial charge is 0.348 e. The molecule has 3 aromatic rings. The first-order chi connectivity index (χ1) is 12.9. The van der Waals surface area contributed by atoms with Crippen molar-refractivity contribution < 1.29 is 22.4 Å². The summed E-state index contributed by atoms with van der Waals surface area (Å²) in [5.74, 6) is -4.86. The maximum Gasteiger partial charge on any atom is 0.253 e. The summed E-state index contributed by atoms with van der Waals surface area (Å²) in [6.45, 7) is 0.208. The maximum atomic E-state index is 13.6. The van der Waals surface area contributed by atoms with Gasteiger partial charge in [-0.05, 0) is 42.0 Å². The van der Waals surface area contributed by atoms with Gasteiger partial charge in [-0.3, -0.25) is 4.79 Å². The first-order valence-corrected chi connectivity index (χ1v) is 7.83. The molecule has 0 radical (unpaired) electrons.